The predicted molar refractivity (Wildman–Crippen MR) is 158 cm³/mol. The fourth-order valence-corrected chi connectivity index (χ4v) is 6.27. The van der Waals surface area contributed by atoms with Crippen molar-refractivity contribution in [2.45, 2.75) is 44.8 Å². The Bertz CT molecular complexity index is 1860. The summed E-state index contributed by atoms with van der Waals surface area (Å²) in [4.78, 5) is 6.99. The van der Waals surface area contributed by atoms with E-state index in [0.717, 1.165) is 65.2 Å². The maximum Gasteiger partial charge on any atom is 0.151 e. The van der Waals surface area contributed by atoms with Gasteiger partial charge in [-0.3, -0.25) is 9.58 Å². The Balaban J connectivity index is 1.14. The summed E-state index contributed by atoms with van der Waals surface area (Å²) >= 11 is 0. The van der Waals surface area contributed by atoms with Crippen LogP contribution in [0.3, 0.4) is 0 Å². The first-order valence-corrected chi connectivity index (χ1v) is 14.2. The molecule has 6 aromatic rings. The van der Waals surface area contributed by atoms with Gasteiger partial charge < -0.3 is 5.73 Å². The zero-order chi connectivity index (χ0) is 26.6. The first-order chi connectivity index (χ1) is 19.7. The average Bonchev–Trinajstić information content (AvgIpc) is 3.65. The maximum atomic E-state index is 6.45. The number of hydrogen-bond acceptors (Lipinski definition) is 5. The van der Waals surface area contributed by atoms with Crippen molar-refractivity contribution in [3.63, 3.8) is 0 Å². The fraction of sp³-hybridized carbons (Fsp3) is 0.242. The van der Waals surface area contributed by atoms with Crippen LogP contribution in [0.25, 0.3) is 27.5 Å². The minimum atomic E-state index is 0.483. The molecule has 2 aliphatic rings. The van der Waals surface area contributed by atoms with Crippen LogP contribution in [0.2, 0.25) is 0 Å². The second-order valence-corrected chi connectivity index (χ2v) is 11.3. The van der Waals surface area contributed by atoms with Gasteiger partial charge in [-0.1, -0.05) is 60.7 Å². The zero-order valence-electron chi connectivity index (χ0n) is 22.4. The van der Waals surface area contributed by atoms with E-state index in [1.165, 1.54) is 41.6 Å². The van der Waals surface area contributed by atoms with Gasteiger partial charge in [-0.25, -0.2) is 9.50 Å². The van der Waals surface area contributed by atoms with Crippen molar-refractivity contribution in [1.29, 1.82) is 0 Å². The molecule has 7 nitrogen and oxygen atoms in total. The summed E-state index contributed by atoms with van der Waals surface area (Å²) in [7, 11) is 0. The highest BCUT2D eigenvalue weighted by Crippen LogP contribution is 2.34. The number of rotatable bonds is 6. The fourth-order valence-electron chi connectivity index (χ4n) is 6.27. The Labute approximate surface area is 232 Å². The first kappa shape index (κ1) is 23.4. The van der Waals surface area contributed by atoms with Crippen molar-refractivity contribution in [3.8, 4) is 11.1 Å². The molecular formula is C33H31N7. The predicted octanol–water partition coefficient (Wildman–Crippen LogP) is 5.49. The van der Waals surface area contributed by atoms with Gasteiger partial charge in [0.25, 0.3) is 0 Å². The van der Waals surface area contributed by atoms with Crippen LogP contribution in [0, 0.1) is 0 Å². The molecule has 0 bridgehead atoms. The van der Waals surface area contributed by atoms with E-state index in [-0.39, 0.29) is 0 Å². The molecule has 3 aromatic heterocycles. The van der Waals surface area contributed by atoms with E-state index < -0.39 is 0 Å². The van der Waals surface area contributed by atoms with Crippen LogP contribution in [0.4, 0.5) is 5.82 Å². The lowest BCUT2D eigenvalue weighted by atomic mass is 9.95. The molecule has 3 aromatic carbocycles. The lowest BCUT2D eigenvalue weighted by Gasteiger charge is -2.29. The summed E-state index contributed by atoms with van der Waals surface area (Å²) < 4.78 is 3.97. The van der Waals surface area contributed by atoms with E-state index in [1.807, 2.05) is 15.3 Å². The Hall–Kier alpha value is -4.49. The highest BCUT2D eigenvalue weighted by molar-refractivity contribution is 5.92. The number of aromatic nitrogens is 5. The van der Waals surface area contributed by atoms with Crippen LogP contribution in [0.15, 0.2) is 85.3 Å². The number of fused-ring (bicyclic) bond motifs is 3. The molecule has 0 amide bonds. The van der Waals surface area contributed by atoms with Crippen LogP contribution in [0.1, 0.15) is 40.8 Å². The molecule has 1 aliphatic carbocycles. The monoisotopic (exact) mass is 525 g/mol. The molecule has 0 atom stereocenters. The molecule has 1 fully saturated rings. The molecule has 198 valence electrons. The van der Waals surface area contributed by atoms with Gasteiger partial charge in [-0.05, 0) is 59.2 Å². The van der Waals surface area contributed by atoms with Crippen LogP contribution >= 0.6 is 0 Å². The Morgan fingerprint density at radius 1 is 0.900 bits per heavy atom. The number of nitrogens with two attached hydrogens (primary N) is 1. The van der Waals surface area contributed by atoms with Gasteiger partial charge in [0.15, 0.2) is 5.82 Å². The minimum absolute atomic E-state index is 0.483. The van der Waals surface area contributed by atoms with Crippen LogP contribution in [-0.2, 0) is 25.9 Å². The highest BCUT2D eigenvalue weighted by Gasteiger charge is 2.31. The SMILES string of the molecule is Nc1ncnn2c(Cc3ccc4c(c3)CN(C3CC3)CC4)cc(-c3ccc4cn(Cc5ccccc5)nc4c3)c12. The minimum Gasteiger partial charge on any atom is -0.382 e. The third-order valence-electron chi connectivity index (χ3n) is 8.47. The van der Waals surface area contributed by atoms with Crippen LogP contribution in [-0.4, -0.2) is 41.9 Å². The van der Waals surface area contributed by atoms with E-state index in [4.69, 9.17) is 10.8 Å². The van der Waals surface area contributed by atoms with Crippen molar-refractivity contribution in [2.24, 2.45) is 0 Å². The second-order valence-electron chi connectivity index (χ2n) is 11.3. The van der Waals surface area contributed by atoms with Gasteiger partial charge in [-0.15, -0.1) is 0 Å². The third kappa shape index (κ3) is 4.23. The second kappa shape index (κ2) is 9.31. The third-order valence-corrected chi connectivity index (χ3v) is 8.47. The Morgan fingerprint density at radius 3 is 2.67 bits per heavy atom. The molecule has 1 saturated carbocycles. The Morgan fingerprint density at radius 2 is 1.80 bits per heavy atom. The average molecular weight is 526 g/mol. The summed E-state index contributed by atoms with van der Waals surface area (Å²) in [6.45, 7) is 3.00. The van der Waals surface area contributed by atoms with Crippen molar-refractivity contribution in [3.05, 3.63) is 113 Å². The summed E-state index contributed by atoms with van der Waals surface area (Å²) in [6.07, 6.45) is 8.29. The Kier molecular flexibility index (Phi) is 5.45. The number of nitrogens with zero attached hydrogens (tertiary/aromatic N) is 6. The van der Waals surface area contributed by atoms with Crippen molar-refractivity contribution < 1.29 is 0 Å². The molecule has 0 unspecified atom stereocenters. The molecule has 40 heavy (non-hydrogen) atoms. The molecular weight excluding hydrogens is 494 g/mol. The van der Waals surface area contributed by atoms with E-state index in [2.05, 4.69) is 87.9 Å². The van der Waals surface area contributed by atoms with Crippen molar-refractivity contribution in [2.75, 3.05) is 12.3 Å². The van der Waals surface area contributed by atoms with Crippen LogP contribution in [0.5, 0.6) is 0 Å². The zero-order valence-corrected chi connectivity index (χ0v) is 22.4. The normalized spacial score (nSPS) is 15.6. The number of anilines is 1. The molecule has 2 N–H and O–H groups in total. The molecule has 0 spiro atoms. The van der Waals surface area contributed by atoms with Crippen molar-refractivity contribution in [1.82, 2.24) is 29.3 Å². The smallest absolute Gasteiger partial charge is 0.151 e. The molecule has 0 saturated heterocycles. The molecule has 7 heteroatoms. The molecule has 1 aliphatic heterocycles. The highest BCUT2D eigenvalue weighted by atomic mass is 15.3. The van der Waals surface area contributed by atoms with E-state index in [1.54, 1.807) is 6.33 Å². The molecule has 0 radical (unpaired) electrons. The molecule has 4 heterocycles. The largest absolute Gasteiger partial charge is 0.382 e. The number of hydrogen-bond donors (Lipinski definition) is 1. The van der Waals surface area contributed by atoms with Crippen LogP contribution < -0.4 is 5.73 Å². The van der Waals surface area contributed by atoms with E-state index in [9.17, 15) is 0 Å². The standard InChI is InChI=1S/C33H31N7/c34-33-32-30(25-8-9-26-20-39(37-31(26)16-25)18-22-4-2-1-3-5-22)17-29(40(32)36-21-35-33)15-23-6-7-24-12-13-38(28-10-11-28)19-27(24)14-23/h1-9,14,16-17,20-21,28H,10-13,15,18-19H2,(H2,34,35,36). The van der Waals surface area contributed by atoms with Gasteiger partial charge >= 0.3 is 0 Å². The maximum absolute atomic E-state index is 6.45. The van der Waals surface area contributed by atoms with E-state index >= 15 is 0 Å². The summed E-state index contributed by atoms with van der Waals surface area (Å²) in [5.41, 5.74) is 16.9. The lowest BCUT2D eigenvalue weighted by Crippen LogP contribution is -2.32. The van der Waals surface area contributed by atoms with E-state index in [0.29, 0.717) is 5.82 Å². The summed E-state index contributed by atoms with van der Waals surface area (Å²) in [6, 6.07) is 26.9. The lowest BCUT2D eigenvalue weighted by molar-refractivity contribution is 0.243. The topological polar surface area (TPSA) is 77.3 Å². The van der Waals surface area contributed by atoms with Gasteiger partial charge in [0, 0.05) is 48.4 Å². The quantitative estimate of drug-likeness (QED) is 0.311. The first-order valence-electron chi connectivity index (χ1n) is 14.2. The molecule has 8 rings (SSSR count). The van der Waals surface area contributed by atoms with Crippen molar-refractivity contribution >= 4 is 22.2 Å². The number of benzene rings is 3. The van der Waals surface area contributed by atoms with Gasteiger partial charge in [0.1, 0.15) is 11.8 Å². The summed E-state index contributed by atoms with van der Waals surface area (Å²) in [5.74, 6) is 0.483. The number of nitrogen functional groups attached to an aromatic ring is 1. The van der Waals surface area contributed by atoms with Gasteiger partial charge in [0.2, 0.25) is 0 Å². The summed E-state index contributed by atoms with van der Waals surface area (Å²) in [5, 5.41) is 10.6. The van der Waals surface area contributed by atoms with Gasteiger partial charge in [0.05, 0.1) is 12.1 Å². The van der Waals surface area contributed by atoms with Gasteiger partial charge in [-0.2, -0.15) is 10.2 Å².